The van der Waals surface area contributed by atoms with E-state index in [0.717, 1.165) is 30.3 Å². The molecule has 20 heavy (non-hydrogen) atoms. The summed E-state index contributed by atoms with van der Waals surface area (Å²) < 4.78 is 0. The highest BCUT2D eigenvalue weighted by atomic mass is 35.5. The molecule has 2 rings (SSSR count). The van der Waals surface area contributed by atoms with Crippen LogP contribution in [0.1, 0.15) is 38.2 Å². The van der Waals surface area contributed by atoms with Crippen molar-refractivity contribution in [2.45, 2.75) is 38.6 Å². The molecule has 1 saturated heterocycles. The molecule has 0 spiro atoms. The number of hydrogen-bond donors (Lipinski definition) is 1. The van der Waals surface area contributed by atoms with E-state index in [0.29, 0.717) is 11.1 Å². The van der Waals surface area contributed by atoms with Gasteiger partial charge in [0.2, 0.25) is 0 Å². The second kappa shape index (κ2) is 6.80. The van der Waals surface area contributed by atoms with Gasteiger partial charge < -0.3 is 10.0 Å². The van der Waals surface area contributed by atoms with Crippen molar-refractivity contribution in [2.75, 3.05) is 11.4 Å². The van der Waals surface area contributed by atoms with Gasteiger partial charge in [-0.2, -0.15) is 0 Å². The van der Waals surface area contributed by atoms with Gasteiger partial charge in [0.1, 0.15) is 0 Å². The minimum absolute atomic E-state index is 0.584. The van der Waals surface area contributed by atoms with Crippen LogP contribution in [-0.2, 0) is 4.79 Å². The van der Waals surface area contributed by atoms with E-state index in [-0.39, 0.29) is 0 Å². The third-order valence-electron chi connectivity index (χ3n) is 3.82. The lowest BCUT2D eigenvalue weighted by atomic mass is 9.99. The van der Waals surface area contributed by atoms with E-state index in [1.54, 1.807) is 0 Å². The third kappa shape index (κ3) is 3.54. The van der Waals surface area contributed by atoms with Crippen LogP contribution in [0.4, 0.5) is 5.69 Å². The molecule has 1 aliphatic rings. The van der Waals surface area contributed by atoms with Gasteiger partial charge in [0.05, 0.1) is 0 Å². The third-order valence-corrected chi connectivity index (χ3v) is 4.15. The van der Waals surface area contributed by atoms with Crippen molar-refractivity contribution < 1.29 is 9.90 Å². The zero-order chi connectivity index (χ0) is 14.5. The fourth-order valence-corrected chi connectivity index (χ4v) is 2.99. The second-order valence-electron chi connectivity index (χ2n) is 5.13. The summed E-state index contributed by atoms with van der Waals surface area (Å²) in [5.74, 6) is -0.966. The van der Waals surface area contributed by atoms with E-state index in [1.165, 1.54) is 25.3 Å². The van der Waals surface area contributed by atoms with Gasteiger partial charge in [-0.25, -0.2) is 4.79 Å². The number of hydrogen-bond acceptors (Lipinski definition) is 2. The highest BCUT2D eigenvalue weighted by Gasteiger charge is 2.21. The Morgan fingerprint density at radius 1 is 1.50 bits per heavy atom. The summed E-state index contributed by atoms with van der Waals surface area (Å²) in [6.07, 6.45) is 7.52. The molecule has 0 saturated carbocycles. The molecule has 0 aromatic heterocycles. The molecule has 1 aliphatic heterocycles. The van der Waals surface area contributed by atoms with Crippen LogP contribution in [0, 0.1) is 0 Å². The molecule has 0 bridgehead atoms. The van der Waals surface area contributed by atoms with Crippen molar-refractivity contribution in [3.05, 3.63) is 34.9 Å². The first-order valence-electron chi connectivity index (χ1n) is 7.09. The molecule has 0 amide bonds. The summed E-state index contributed by atoms with van der Waals surface area (Å²) in [6, 6.07) is 6.44. The van der Waals surface area contributed by atoms with Crippen molar-refractivity contribution in [1.82, 2.24) is 0 Å². The van der Waals surface area contributed by atoms with E-state index in [1.807, 2.05) is 18.2 Å². The molecule has 0 radical (unpaired) electrons. The summed E-state index contributed by atoms with van der Waals surface area (Å²) in [5, 5.41) is 9.25. The Balaban J connectivity index is 2.21. The van der Waals surface area contributed by atoms with Gasteiger partial charge in [-0.15, -0.1) is 0 Å². The van der Waals surface area contributed by atoms with E-state index < -0.39 is 5.97 Å². The maximum atomic E-state index is 10.5. The first-order valence-corrected chi connectivity index (χ1v) is 7.47. The highest BCUT2D eigenvalue weighted by molar-refractivity contribution is 6.32. The van der Waals surface area contributed by atoms with E-state index in [9.17, 15) is 4.79 Å². The van der Waals surface area contributed by atoms with Gasteiger partial charge >= 0.3 is 5.97 Å². The van der Waals surface area contributed by atoms with Crippen LogP contribution < -0.4 is 4.90 Å². The molecule has 3 nitrogen and oxygen atoms in total. The topological polar surface area (TPSA) is 40.5 Å². The molecule has 1 heterocycles. The Labute approximate surface area is 124 Å². The predicted molar refractivity (Wildman–Crippen MR) is 83.4 cm³/mol. The van der Waals surface area contributed by atoms with E-state index in [2.05, 4.69) is 11.8 Å². The molecule has 1 unspecified atom stereocenters. The highest BCUT2D eigenvalue weighted by Crippen LogP contribution is 2.30. The lowest BCUT2D eigenvalue weighted by molar-refractivity contribution is -0.131. The molecule has 0 aliphatic carbocycles. The lowest BCUT2D eigenvalue weighted by Crippen LogP contribution is -2.39. The molecule has 1 N–H and O–H groups in total. The number of carboxylic acid groups (broad SMARTS) is 1. The van der Waals surface area contributed by atoms with Gasteiger partial charge in [0.15, 0.2) is 0 Å². The number of anilines is 1. The van der Waals surface area contributed by atoms with E-state index in [4.69, 9.17) is 16.7 Å². The maximum absolute atomic E-state index is 10.5. The zero-order valence-electron chi connectivity index (χ0n) is 11.7. The standard InChI is InChI=1S/C16H20ClNO2/c1-2-13-5-3-4-10-18(13)14-8-6-12(15(17)11-14)7-9-16(19)20/h6-9,11,13H,2-5,10H2,1H3,(H,19,20)/b9-7+. The van der Waals surface area contributed by atoms with Gasteiger partial charge in [-0.1, -0.05) is 24.6 Å². The lowest BCUT2D eigenvalue weighted by Gasteiger charge is -2.37. The number of piperidine rings is 1. The molecule has 1 aromatic rings. The fourth-order valence-electron chi connectivity index (χ4n) is 2.76. The van der Waals surface area contributed by atoms with E-state index >= 15 is 0 Å². The molecular weight excluding hydrogens is 274 g/mol. The Morgan fingerprint density at radius 2 is 2.30 bits per heavy atom. The van der Waals surface area contributed by atoms with Crippen molar-refractivity contribution in [1.29, 1.82) is 0 Å². The molecule has 108 valence electrons. The van der Waals surface area contributed by atoms with Crippen molar-refractivity contribution in [2.24, 2.45) is 0 Å². The molecule has 1 fully saturated rings. The molecule has 4 heteroatoms. The first-order chi connectivity index (χ1) is 9.61. The smallest absolute Gasteiger partial charge is 0.328 e. The van der Waals surface area contributed by atoms with Crippen LogP contribution in [0.15, 0.2) is 24.3 Å². The number of rotatable bonds is 4. The van der Waals surface area contributed by atoms with Crippen LogP contribution in [0.2, 0.25) is 5.02 Å². The quantitative estimate of drug-likeness (QED) is 0.846. The summed E-state index contributed by atoms with van der Waals surface area (Å²) in [6.45, 7) is 3.29. The molecular formula is C16H20ClNO2. The van der Waals surface area contributed by atoms with Crippen LogP contribution in [-0.4, -0.2) is 23.7 Å². The summed E-state index contributed by atoms with van der Waals surface area (Å²) in [7, 11) is 0. The van der Waals surface area contributed by atoms with Crippen LogP contribution >= 0.6 is 11.6 Å². The Kier molecular flexibility index (Phi) is 5.07. The summed E-state index contributed by atoms with van der Waals surface area (Å²) in [5.41, 5.74) is 1.87. The van der Waals surface area contributed by atoms with Gasteiger partial charge in [0.25, 0.3) is 0 Å². The first kappa shape index (κ1) is 14.9. The fraction of sp³-hybridized carbons (Fsp3) is 0.438. The number of benzene rings is 1. The predicted octanol–water partition coefficient (Wildman–Crippen LogP) is 4.21. The number of carboxylic acids is 1. The molecule has 1 atom stereocenters. The SMILES string of the molecule is CCC1CCCCN1c1ccc(/C=C/C(=O)O)c(Cl)c1. The normalized spacial score (nSPS) is 19.5. The summed E-state index contributed by atoms with van der Waals surface area (Å²) in [4.78, 5) is 13.0. The monoisotopic (exact) mass is 293 g/mol. The average molecular weight is 294 g/mol. The van der Waals surface area contributed by atoms with Crippen molar-refractivity contribution in [3.63, 3.8) is 0 Å². The average Bonchev–Trinajstić information content (AvgIpc) is 2.45. The van der Waals surface area contributed by atoms with Crippen LogP contribution in [0.3, 0.4) is 0 Å². The van der Waals surface area contributed by atoms with Crippen molar-refractivity contribution >= 4 is 29.3 Å². The Hall–Kier alpha value is -1.48. The van der Waals surface area contributed by atoms with Crippen LogP contribution in [0.25, 0.3) is 6.08 Å². The minimum Gasteiger partial charge on any atom is -0.478 e. The van der Waals surface area contributed by atoms with Crippen molar-refractivity contribution in [3.8, 4) is 0 Å². The zero-order valence-corrected chi connectivity index (χ0v) is 12.4. The van der Waals surface area contributed by atoms with Gasteiger partial charge in [0, 0.05) is 29.4 Å². The number of carbonyl (C=O) groups is 1. The van der Waals surface area contributed by atoms with Gasteiger partial charge in [-0.05, 0) is 49.5 Å². The Morgan fingerprint density at radius 3 is 2.95 bits per heavy atom. The second-order valence-corrected chi connectivity index (χ2v) is 5.54. The summed E-state index contributed by atoms with van der Waals surface area (Å²) >= 11 is 6.25. The number of halogens is 1. The molecule has 1 aromatic carbocycles. The number of nitrogens with zero attached hydrogens (tertiary/aromatic N) is 1. The van der Waals surface area contributed by atoms with Gasteiger partial charge in [-0.3, -0.25) is 0 Å². The Bertz CT molecular complexity index is 513. The minimum atomic E-state index is -0.966. The van der Waals surface area contributed by atoms with Crippen LogP contribution in [0.5, 0.6) is 0 Å². The number of aliphatic carboxylic acids is 1. The maximum Gasteiger partial charge on any atom is 0.328 e. The largest absolute Gasteiger partial charge is 0.478 e.